The van der Waals surface area contributed by atoms with Crippen LogP contribution in [-0.4, -0.2) is 9.78 Å². The number of rotatable bonds is 2. The molecule has 0 amide bonds. The van der Waals surface area contributed by atoms with Crippen LogP contribution in [0.25, 0.3) is 22.1 Å². The van der Waals surface area contributed by atoms with E-state index in [0.29, 0.717) is 0 Å². The fraction of sp³-hybridized carbons (Fsp3) is 0.250. The van der Waals surface area contributed by atoms with Gasteiger partial charge >= 0.3 is 0 Å². The molecule has 0 aliphatic heterocycles. The molecule has 0 aliphatic carbocycles. The van der Waals surface area contributed by atoms with E-state index in [1.54, 1.807) is 0 Å². The second-order valence-electron chi connectivity index (χ2n) is 8.25. The summed E-state index contributed by atoms with van der Waals surface area (Å²) in [7, 11) is 0. The molecule has 0 N–H and O–H groups in total. The van der Waals surface area contributed by atoms with Crippen molar-refractivity contribution in [1.82, 2.24) is 9.78 Å². The molecule has 0 saturated heterocycles. The molecular weight excluding hydrogens is 330 g/mol. The summed E-state index contributed by atoms with van der Waals surface area (Å²) in [5, 5.41) is 6.99. The molecule has 2 aromatic heterocycles. The summed E-state index contributed by atoms with van der Waals surface area (Å²) in [6.07, 6.45) is 6.08. The van der Waals surface area contributed by atoms with Crippen LogP contribution in [0.4, 0.5) is 0 Å². The Morgan fingerprint density at radius 2 is 1.67 bits per heavy atom. The summed E-state index contributed by atoms with van der Waals surface area (Å²) < 4.78 is 4.27. The highest BCUT2D eigenvalue weighted by Crippen LogP contribution is 2.29. The molecule has 0 atom stereocenters. The third-order valence-electron chi connectivity index (χ3n) is 5.24. The molecule has 3 heteroatoms. The molecule has 3 nitrogen and oxygen atoms in total. The maximum absolute atomic E-state index is 4.49. The van der Waals surface area contributed by atoms with Gasteiger partial charge in [0.05, 0.1) is 5.69 Å². The maximum Gasteiger partial charge on any atom is 0.216 e. The van der Waals surface area contributed by atoms with Crippen LogP contribution in [0.15, 0.2) is 67.1 Å². The molecule has 4 aromatic rings. The van der Waals surface area contributed by atoms with Crippen molar-refractivity contribution < 1.29 is 4.57 Å². The summed E-state index contributed by atoms with van der Waals surface area (Å²) in [6, 6.07) is 17.3. The summed E-state index contributed by atoms with van der Waals surface area (Å²) in [5.74, 6) is 0. The third-order valence-corrected chi connectivity index (χ3v) is 5.24. The number of hydrogen-bond donors (Lipinski definition) is 0. The lowest BCUT2D eigenvalue weighted by Crippen LogP contribution is -2.35. The van der Waals surface area contributed by atoms with Crippen molar-refractivity contribution in [2.75, 3.05) is 0 Å². The van der Waals surface area contributed by atoms with Gasteiger partial charge in [-0.2, -0.15) is 9.67 Å². The van der Waals surface area contributed by atoms with Gasteiger partial charge in [-0.1, -0.05) is 39.0 Å². The molecule has 0 fully saturated rings. The summed E-state index contributed by atoms with van der Waals surface area (Å²) in [4.78, 5) is 0. The first-order valence-corrected chi connectivity index (χ1v) is 9.41. The van der Waals surface area contributed by atoms with Gasteiger partial charge in [-0.3, -0.25) is 0 Å². The van der Waals surface area contributed by atoms with E-state index in [1.807, 2.05) is 23.1 Å². The van der Waals surface area contributed by atoms with Crippen molar-refractivity contribution in [3.63, 3.8) is 0 Å². The molecule has 4 rings (SSSR count). The zero-order valence-electron chi connectivity index (χ0n) is 16.7. The zero-order chi connectivity index (χ0) is 19.2. The summed E-state index contributed by atoms with van der Waals surface area (Å²) >= 11 is 0. The van der Waals surface area contributed by atoms with Gasteiger partial charge in [-0.15, -0.1) is 0 Å². The minimum Gasteiger partial charge on any atom is -0.240 e. The minimum atomic E-state index is 0.0513. The number of hydrogen-bond acceptors (Lipinski definition) is 1. The van der Waals surface area contributed by atoms with Crippen LogP contribution in [0.2, 0.25) is 0 Å². The predicted molar refractivity (Wildman–Crippen MR) is 111 cm³/mol. The van der Waals surface area contributed by atoms with E-state index in [2.05, 4.69) is 92.9 Å². The van der Waals surface area contributed by atoms with Gasteiger partial charge < -0.3 is 0 Å². The molecule has 2 aromatic carbocycles. The van der Waals surface area contributed by atoms with E-state index in [4.69, 9.17) is 0 Å². The van der Waals surface area contributed by atoms with Gasteiger partial charge in [0.2, 0.25) is 5.69 Å². The predicted octanol–water partition coefficient (Wildman–Crippen LogP) is 5.22. The third kappa shape index (κ3) is 3.14. The van der Waals surface area contributed by atoms with Crippen LogP contribution < -0.4 is 4.57 Å². The number of aryl methyl sites for hydroxylation is 1. The van der Waals surface area contributed by atoms with E-state index in [1.165, 1.54) is 33.3 Å². The molecule has 0 unspecified atom stereocenters. The SMILES string of the molecule is Cc1c(-n2cccn2)cc(C(C)(C)C)cc1-[n+]1cc2ccccc2cc1C. The Hall–Kier alpha value is -2.94. The molecule has 0 radical (unpaired) electrons. The Morgan fingerprint density at radius 3 is 2.33 bits per heavy atom. The van der Waals surface area contributed by atoms with E-state index in [9.17, 15) is 0 Å². The Morgan fingerprint density at radius 1 is 0.926 bits per heavy atom. The van der Waals surface area contributed by atoms with Crippen LogP contribution >= 0.6 is 0 Å². The number of nitrogens with zero attached hydrogens (tertiary/aromatic N) is 3. The van der Waals surface area contributed by atoms with Crippen LogP contribution in [0.1, 0.15) is 37.6 Å². The second kappa shape index (κ2) is 6.34. The van der Waals surface area contributed by atoms with Gasteiger partial charge in [-0.05, 0) is 41.5 Å². The van der Waals surface area contributed by atoms with Crippen LogP contribution in [0, 0.1) is 13.8 Å². The van der Waals surface area contributed by atoms with Crippen molar-refractivity contribution in [3.8, 4) is 11.4 Å². The fourth-order valence-electron chi connectivity index (χ4n) is 3.57. The first-order valence-electron chi connectivity index (χ1n) is 9.41. The highest BCUT2D eigenvalue weighted by atomic mass is 15.3. The quantitative estimate of drug-likeness (QED) is 0.452. The number of aromatic nitrogens is 3. The Labute approximate surface area is 160 Å². The van der Waals surface area contributed by atoms with Crippen LogP contribution in [0.5, 0.6) is 0 Å². The van der Waals surface area contributed by atoms with E-state index >= 15 is 0 Å². The summed E-state index contributed by atoms with van der Waals surface area (Å²) in [5.41, 5.74) is 6.12. The highest BCUT2D eigenvalue weighted by molar-refractivity contribution is 5.81. The van der Waals surface area contributed by atoms with Gasteiger partial charge in [0.15, 0.2) is 11.9 Å². The van der Waals surface area contributed by atoms with Gasteiger partial charge in [0.25, 0.3) is 0 Å². The molecular formula is C24H26N3+. The van der Waals surface area contributed by atoms with E-state index < -0.39 is 0 Å². The monoisotopic (exact) mass is 356 g/mol. The summed E-state index contributed by atoms with van der Waals surface area (Å²) in [6.45, 7) is 11.1. The number of pyridine rings is 1. The molecule has 0 saturated carbocycles. The van der Waals surface area contributed by atoms with Gasteiger partial charge in [-0.25, -0.2) is 4.68 Å². The molecule has 2 heterocycles. The smallest absolute Gasteiger partial charge is 0.216 e. The topological polar surface area (TPSA) is 21.7 Å². The average Bonchev–Trinajstić information content (AvgIpc) is 3.15. The Kier molecular flexibility index (Phi) is 4.11. The van der Waals surface area contributed by atoms with E-state index in [-0.39, 0.29) is 5.41 Å². The fourth-order valence-corrected chi connectivity index (χ4v) is 3.57. The zero-order valence-corrected chi connectivity index (χ0v) is 16.7. The first kappa shape index (κ1) is 17.5. The maximum atomic E-state index is 4.49. The largest absolute Gasteiger partial charge is 0.240 e. The number of benzene rings is 2. The lowest BCUT2D eigenvalue weighted by atomic mass is 9.85. The van der Waals surface area contributed by atoms with Crippen molar-refractivity contribution in [3.05, 3.63) is 83.9 Å². The molecule has 0 bridgehead atoms. The van der Waals surface area contributed by atoms with Gasteiger partial charge in [0, 0.05) is 42.4 Å². The van der Waals surface area contributed by atoms with Crippen molar-refractivity contribution >= 4 is 10.8 Å². The van der Waals surface area contributed by atoms with E-state index in [0.717, 1.165) is 5.69 Å². The Balaban J connectivity index is 2.03. The normalized spacial score (nSPS) is 11.9. The van der Waals surface area contributed by atoms with Gasteiger partial charge in [0.1, 0.15) is 0 Å². The molecule has 27 heavy (non-hydrogen) atoms. The lowest BCUT2D eigenvalue weighted by molar-refractivity contribution is -0.601. The first-order chi connectivity index (χ1) is 12.8. The molecule has 0 aliphatic rings. The Bertz CT molecular complexity index is 1120. The minimum absolute atomic E-state index is 0.0513. The average molecular weight is 356 g/mol. The van der Waals surface area contributed by atoms with Crippen LogP contribution in [-0.2, 0) is 5.41 Å². The van der Waals surface area contributed by atoms with Crippen molar-refractivity contribution in [2.24, 2.45) is 0 Å². The van der Waals surface area contributed by atoms with Crippen molar-refractivity contribution in [2.45, 2.75) is 40.0 Å². The van der Waals surface area contributed by atoms with Crippen LogP contribution in [0.3, 0.4) is 0 Å². The number of fused-ring (bicyclic) bond motifs is 1. The lowest BCUT2D eigenvalue weighted by Gasteiger charge is -2.21. The second-order valence-corrected chi connectivity index (χ2v) is 8.25. The standard InChI is InChI=1S/C24H26N3/c1-17-13-19-9-6-7-10-20(19)16-26(17)22-14-21(24(3,4)5)15-23(18(22)2)27-12-8-11-25-27/h6-16H,1-5H3/q+1. The van der Waals surface area contributed by atoms with Crippen molar-refractivity contribution in [1.29, 1.82) is 0 Å². The molecule has 0 spiro atoms. The molecule has 136 valence electrons. The highest BCUT2D eigenvalue weighted by Gasteiger charge is 2.24.